The Bertz CT molecular complexity index is 559. The summed E-state index contributed by atoms with van der Waals surface area (Å²) in [6.07, 6.45) is 1.60. The van der Waals surface area contributed by atoms with Crippen molar-refractivity contribution in [3.63, 3.8) is 0 Å². The van der Waals surface area contributed by atoms with Gasteiger partial charge in [-0.25, -0.2) is 4.98 Å². The van der Waals surface area contributed by atoms with Gasteiger partial charge in [0.1, 0.15) is 11.7 Å². The first kappa shape index (κ1) is 9.39. The van der Waals surface area contributed by atoms with Gasteiger partial charge in [0, 0.05) is 6.54 Å². The van der Waals surface area contributed by atoms with E-state index >= 15 is 0 Å². The average molecular weight is 216 g/mol. The summed E-state index contributed by atoms with van der Waals surface area (Å²) in [5, 5.41) is 9.16. The predicted octanol–water partition coefficient (Wildman–Crippen LogP) is 2.00. The molecule has 0 saturated carbocycles. The summed E-state index contributed by atoms with van der Waals surface area (Å²) in [6.45, 7) is 0.875. The molecule has 1 aliphatic heterocycles. The van der Waals surface area contributed by atoms with Gasteiger partial charge in [0.25, 0.3) is 0 Å². The van der Waals surface area contributed by atoms with Crippen molar-refractivity contribution in [2.24, 2.45) is 0 Å². The van der Waals surface area contributed by atoms with E-state index in [4.69, 9.17) is 5.11 Å². The molecule has 0 amide bonds. The van der Waals surface area contributed by atoms with Gasteiger partial charge < -0.3 is 9.67 Å². The molecule has 1 aromatic heterocycles. The third kappa shape index (κ3) is 1.23. The lowest BCUT2D eigenvalue weighted by Gasteiger charge is -2.20. The van der Waals surface area contributed by atoms with Gasteiger partial charge in [-0.15, -0.1) is 0 Å². The van der Waals surface area contributed by atoms with E-state index in [1.54, 1.807) is 0 Å². The molecule has 3 rings (SSSR count). The summed E-state index contributed by atoms with van der Waals surface area (Å²) < 4.78 is 2.04. The van der Waals surface area contributed by atoms with Gasteiger partial charge >= 0.3 is 5.97 Å². The zero-order chi connectivity index (χ0) is 11.1. The number of benzene rings is 1. The predicted molar refractivity (Wildman–Crippen MR) is 59.3 cm³/mol. The summed E-state index contributed by atoms with van der Waals surface area (Å²) >= 11 is 0. The molecule has 1 unspecified atom stereocenters. The summed E-state index contributed by atoms with van der Waals surface area (Å²) in [7, 11) is 0. The Hall–Kier alpha value is -1.84. The Kier molecular flexibility index (Phi) is 1.96. The first-order chi connectivity index (χ1) is 7.77. The molecule has 0 aliphatic carbocycles. The molecule has 0 saturated heterocycles. The van der Waals surface area contributed by atoms with Crippen LogP contribution in [0.25, 0.3) is 11.0 Å². The van der Waals surface area contributed by atoms with E-state index in [1.807, 2.05) is 28.8 Å². The molecule has 2 aromatic rings. The van der Waals surface area contributed by atoms with Crippen molar-refractivity contribution in [1.82, 2.24) is 9.55 Å². The molecule has 0 radical (unpaired) electrons. The van der Waals surface area contributed by atoms with Crippen LogP contribution in [0.1, 0.15) is 24.6 Å². The van der Waals surface area contributed by atoms with Gasteiger partial charge in [0.2, 0.25) is 0 Å². The highest BCUT2D eigenvalue weighted by molar-refractivity contribution is 5.80. The zero-order valence-electron chi connectivity index (χ0n) is 8.76. The highest BCUT2D eigenvalue weighted by Crippen LogP contribution is 2.30. The average Bonchev–Trinajstić information content (AvgIpc) is 2.67. The molecule has 2 heterocycles. The van der Waals surface area contributed by atoms with E-state index in [-0.39, 0.29) is 0 Å². The number of hydrogen-bond acceptors (Lipinski definition) is 2. The Balaban J connectivity index is 2.25. The quantitative estimate of drug-likeness (QED) is 0.793. The normalized spacial score (nSPS) is 19.6. The van der Waals surface area contributed by atoms with Gasteiger partial charge in [-0.3, -0.25) is 4.79 Å². The van der Waals surface area contributed by atoms with E-state index < -0.39 is 11.9 Å². The molecule has 4 nitrogen and oxygen atoms in total. The van der Waals surface area contributed by atoms with Gasteiger partial charge in [-0.1, -0.05) is 12.1 Å². The number of imidazole rings is 1. The van der Waals surface area contributed by atoms with Crippen molar-refractivity contribution < 1.29 is 9.90 Å². The Morgan fingerprint density at radius 3 is 3.06 bits per heavy atom. The molecule has 16 heavy (non-hydrogen) atoms. The fourth-order valence-electron chi connectivity index (χ4n) is 2.41. The maximum absolute atomic E-state index is 11.1. The number of aryl methyl sites for hydroxylation is 1. The Morgan fingerprint density at radius 2 is 2.25 bits per heavy atom. The minimum atomic E-state index is -0.767. The SMILES string of the molecule is O=C(O)C1CCCn2c1nc1ccccc12. The van der Waals surface area contributed by atoms with E-state index in [9.17, 15) is 4.79 Å². The second-order valence-electron chi connectivity index (χ2n) is 4.14. The van der Waals surface area contributed by atoms with Crippen molar-refractivity contribution >= 4 is 17.0 Å². The minimum absolute atomic E-state index is 0.443. The smallest absolute Gasteiger partial charge is 0.314 e. The summed E-state index contributed by atoms with van der Waals surface area (Å²) in [6, 6.07) is 7.81. The third-order valence-corrected chi connectivity index (χ3v) is 3.17. The molecule has 4 heteroatoms. The van der Waals surface area contributed by atoms with Crippen molar-refractivity contribution in [1.29, 1.82) is 0 Å². The van der Waals surface area contributed by atoms with Crippen LogP contribution in [0.2, 0.25) is 0 Å². The molecule has 1 N–H and O–H groups in total. The lowest BCUT2D eigenvalue weighted by atomic mass is 9.99. The molecule has 0 bridgehead atoms. The van der Waals surface area contributed by atoms with Crippen LogP contribution < -0.4 is 0 Å². The topological polar surface area (TPSA) is 55.1 Å². The second-order valence-corrected chi connectivity index (χ2v) is 4.14. The number of carbonyl (C=O) groups is 1. The molecular weight excluding hydrogens is 204 g/mol. The highest BCUT2D eigenvalue weighted by atomic mass is 16.4. The van der Waals surface area contributed by atoms with Gasteiger partial charge in [0.15, 0.2) is 0 Å². The van der Waals surface area contributed by atoms with Crippen LogP contribution in [0.5, 0.6) is 0 Å². The maximum atomic E-state index is 11.1. The largest absolute Gasteiger partial charge is 0.481 e. The summed E-state index contributed by atoms with van der Waals surface area (Å²) in [5.41, 5.74) is 1.94. The Labute approximate surface area is 92.5 Å². The van der Waals surface area contributed by atoms with Gasteiger partial charge in [-0.05, 0) is 25.0 Å². The van der Waals surface area contributed by atoms with E-state index in [0.717, 1.165) is 24.0 Å². The number of hydrogen-bond donors (Lipinski definition) is 1. The fourth-order valence-corrected chi connectivity index (χ4v) is 2.41. The molecule has 1 aliphatic rings. The Morgan fingerprint density at radius 1 is 1.44 bits per heavy atom. The maximum Gasteiger partial charge on any atom is 0.314 e. The van der Waals surface area contributed by atoms with E-state index in [0.29, 0.717) is 12.2 Å². The molecule has 1 aromatic carbocycles. The highest BCUT2D eigenvalue weighted by Gasteiger charge is 2.29. The van der Waals surface area contributed by atoms with Crippen molar-refractivity contribution in [3.8, 4) is 0 Å². The first-order valence-corrected chi connectivity index (χ1v) is 5.45. The van der Waals surface area contributed by atoms with Crippen LogP contribution in [0.3, 0.4) is 0 Å². The number of fused-ring (bicyclic) bond motifs is 3. The lowest BCUT2D eigenvalue weighted by molar-refractivity contribution is -0.139. The molecule has 82 valence electrons. The first-order valence-electron chi connectivity index (χ1n) is 5.45. The van der Waals surface area contributed by atoms with Crippen LogP contribution in [-0.4, -0.2) is 20.6 Å². The van der Waals surface area contributed by atoms with Crippen molar-refractivity contribution in [2.45, 2.75) is 25.3 Å². The molecule has 0 fully saturated rings. The summed E-state index contributed by atoms with van der Waals surface area (Å²) in [5.74, 6) is -0.502. The number of rotatable bonds is 1. The molecule has 1 atom stereocenters. The van der Waals surface area contributed by atoms with Crippen LogP contribution in [0.15, 0.2) is 24.3 Å². The monoisotopic (exact) mass is 216 g/mol. The third-order valence-electron chi connectivity index (χ3n) is 3.17. The fraction of sp³-hybridized carbons (Fsp3) is 0.333. The zero-order valence-corrected chi connectivity index (χ0v) is 8.76. The molecular formula is C12H12N2O2. The second kappa shape index (κ2) is 3.33. The minimum Gasteiger partial charge on any atom is -0.481 e. The number of para-hydroxylation sites is 2. The number of nitrogens with zero attached hydrogens (tertiary/aromatic N) is 2. The van der Waals surface area contributed by atoms with Gasteiger partial charge in [0.05, 0.1) is 11.0 Å². The standard InChI is InChI=1S/C12H12N2O2/c15-12(16)8-4-3-7-14-10-6-2-1-5-9(10)13-11(8)14/h1-2,5-6,8H,3-4,7H2,(H,15,16). The number of carboxylic acid groups (broad SMARTS) is 1. The van der Waals surface area contributed by atoms with Crippen molar-refractivity contribution in [3.05, 3.63) is 30.1 Å². The number of aliphatic carboxylic acids is 1. The molecule has 0 spiro atoms. The van der Waals surface area contributed by atoms with E-state index in [1.165, 1.54) is 0 Å². The van der Waals surface area contributed by atoms with Gasteiger partial charge in [-0.2, -0.15) is 0 Å². The number of aromatic nitrogens is 2. The van der Waals surface area contributed by atoms with Crippen LogP contribution in [0.4, 0.5) is 0 Å². The number of carboxylic acids is 1. The summed E-state index contributed by atoms with van der Waals surface area (Å²) in [4.78, 5) is 15.6. The van der Waals surface area contributed by atoms with Crippen LogP contribution in [0, 0.1) is 0 Å². The van der Waals surface area contributed by atoms with Crippen LogP contribution >= 0.6 is 0 Å². The van der Waals surface area contributed by atoms with Crippen molar-refractivity contribution in [2.75, 3.05) is 0 Å². The lowest BCUT2D eigenvalue weighted by Crippen LogP contribution is -2.22. The van der Waals surface area contributed by atoms with Crippen LogP contribution in [-0.2, 0) is 11.3 Å². The van der Waals surface area contributed by atoms with E-state index in [2.05, 4.69) is 4.98 Å².